The van der Waals surface area contributed by atoms with Crippen LogP contribution in [0.2, 0.25) is 0 Å². The van der Waals surface area contributed by atoms with E-state index in [0.29, 0.717) is 0 Å². The Hall–Kier alpha value is -9.70. The summed E-state index contributed by atoms with van der Waals surface area (Å²) in [4.78, 5) is 2.46. The van der Waals surface area contributed by atoms with Gasteiger partial charge in [-0.05, 0) is 133 Å². The lowest BCUT2D eigenvalue weighted by atomic mass is 9.70. The summed E-state index contributed by atoms with van der Waals surface area (Å²) < 4.78 is 13.4. The molecule has 0 saturated heterocycles. The number of anilines is 3. The molecule has 0 fully saturated rings. The van der Waals surface area contributed by atoms with Crippen LogP contribution in [0.5, 0.6) is 0 Å². The zero-order chi connectivity index (χ0) is 48.5. The molecule has 14 aromatic rings. The normalized spacial score (nSPS) is 13.0. The highest BCUT2D eigenvalue weighted by Crippen LogP contribution is 2.63. The van der Waals surface area contributed by atoms with Crippen LogP contribution in [0.3, 0.4) is 0 Å². The molecule has 0 bridgehead atoms. The molecular weight excluding hydrogens is 899 g/mol. The molecule has 2 aliphatic rings. The summed E-state index contributed by atoms with van der Waals surface area (Å²) in [5.74, 6) is 0. The predicted octanol–water partition coefficient (Wildman–Crippen LogP) is 19.5. The molecule has 0 atom stereocenters. The molecule has 2 aromatic heterocycles. The van der Waals surface area contributed by atoms with Crippen LogP contribution in [0.25, 0.3) is 110 Å². The minimum atomic E-state index is -0.467. The number of furan rings is 2. The Balaban J connectivity index is 0.893. The largest absolute Gasteiger partial charge is 0.455 e. The van der Waals surface area contributed by atoms with E-state index < -0.39 is 5.41 Å². The van der Waals surface area contributed by atoms with Crippen molar-refractivity contribution >= 4 is 71.7 Å². The molecule has 0 amide bonds. The third kappa shape index (κ3) is 5.78. The van der Waals surface area contributed by atoms with Gasteiger partial charge in [0.15, 0.2) is 0 Å². The number of fused-ring (bicyclic) bond motifs is 17. The van der Waals surface area contributed by atoms with Crippen molar-refractivity contribution in [2.45, 2.75) is 5.41 Å². The highest BCUT2D eigenvalue weighted by atomic mass is 16.3. The fraction of sp³-hybridized carbons (Fsp3) is 0.0141. The van der Waals surface area contributed by atoms with Crippen molar-refractivity contribution in [2.75, 3.05) is 4.90 Å². The van der Waals surface area contributed by atoms with Gasteiger partial charge < -0.3 is 13.7 Å². The Morgan fingerprint density at radius 3 is 1.30 bits per heavy atom. The summed E-state index contributed by atoms with van der Waals surface area (Å²) in [5, 5.41) is 6.81. The van der Waals surface area contributed by atoms with Gasteiger partial charge in [-0.2, -0.15) is 0 Å². The highest BCUT2D eigenvalue weighted by molar-refractivity contribution is 6.12. The summed E-state index contributed by atoms with van der Waals surface area (Å²) in [6, 6.07) is 95.4. The summed E-state index contributed by atoms with van der Waals surface area (Å²) in [6.45, 7) is 0. The molecule has 3 nitrogen and oxygen atoms in total. The van der Waals surface area contributed by atoms with Crippen LogP contribution >= 0.6 is 0 Å². The Bertz CT molecular complexity index is 4430. The van der Waals surface area contributed by atoms with Crippen molar-refractivity contribution in [1.82, 2.24) is 0 Å². The summed E-state index contributed by atoms with van der Waals surface area (Å²) in [7, 11) is 0. The molecule has 3 heteroatoms. The summed E-state index contributed by atoms with van der Waals surface area (Å²) in [6.07, 6.45) is 0. The van der Waals surface area contributed by atoms with Crippen molar-refractivity contribution in [2.24, 2.45) is 0 Å². The average Bonchev–Trinajstić information content (AvgIpc) is 4.34. The minimum Gasteiger partial charge on any atom is -0.455 e. The summed E-state index contributed by atoms with van der Waals surface area (Å²) >= 11 is 0. The first kappa shape index (κ1) is 41.0. The predicted molar refractivity (Wildman–Crippen MR) is 306 cm³/mol. The zero-order valence-corrected chi connectivity index (χ0v) is 40.1. The van der Waals surface area contributed by atoms with Crippen LogP contribution in [0.15, 0.2) is 270 Å². The molecule has 1 spiro atoms. The van der Waals surface area contributed by atoms with Crippen molar-refractivity contribution in [1.29, 1.82) is 0 Å². The number of nitrogens with zero attached hydrogens (tertiary/aromatic N) is 1. The van der Waals surface area contributed by atoms with Gasteiger partial charge in [0.25, 0.3) is 0 Å². The van der Waals surface area contributed by atoms with E-state index in [1.54, 1.807) is 0 Å². The molecule has 0 unspecified atom stereocenters. The third-order valence-electron chi connectivity index (χ3n) is 16.1. The maximum atomic E-state index is 6.68. The van der Waals surface area contributed by atoms with Crippen LogP contribution in [-0.4, -0.2) is 0 Å². The maximum absolute atomic E-state index is 6.68. The number of hydrogen-bond donors (Lipinski definition) is 0. The fourth-order valence-corrected chi connectivity index (χ4v) is 12.9. The van der Waals surface area contributed by atoms with Gasteiger partial charge >= 0.3 is 0 Å². The molecule has 12 aromatic carbocycles. The molecule has 2 heterocycles. The topological polar surface area (TPSA) is 29.5 Å². The third-order valence-corrected chi connectivity index (χ3v) is 16.1. The molecule has 0 N–H and O–H groups in total. The van der Waals surface area contributed by atoms with Crippen LogP contribution in [0, 0.1) is 0 Å². The van der Waals surface area contributed by atoms with Gasteiger partial charge in [0, 0.05) is 49.4 Å². The van der Waals surface area contributed by atoms with Gasteiger partial charge in [-0.25, -0.2) is 0 Å². The summed E-state index contributed by atoms with van der Waals surface area (Å²) in [5.41, 5.74) is 23.2. The lowest BCUT2D eigenvalue weighted by Crippen LogP contribution is -2.26. The second-order valence-electron chi connectivity index (χ2n) is 19.9. The molecule has 344 valence electrons. The van der Waals surface area contributed by atoms with E-state index in [0.717, 1.165) is 94.3 Å². The molecule has 74 heavy (non-hydrogen) atoms. The lowest BCUT2D eigenvalue weighted by Gasteiger charge is -2.32. The van der Waals surface area contributed by atoms with E-state index in [1.807, 2.05) is 12.1 Å². The molecule has 0 saturated carbocycles. The van der Waals surface area contributed by atoms with Gasteiger partial charge in [-0.1, -0.05) is 200 Å². The van der Waals surface area contributed by atoms with Gasteiger partial charge in [-0.3, -0.25) is 0 Å². The maximum Gasteiger partial charge on any atom is 0.143 e. The number of hydrogen-bond acceptors (Lipinski definition) is 3. The standard InChI is InChI=1S/C71H43NO2/c1-2-18-51-45(16-1)17-13-31-66(51)72(50-38-39-57-56-21-5-10-30-64(56)71(65(57)43-50)62-28-8-3-19-54(62)55-20-4-9-29-63(55)71)49-36-34-44(35-37-49)46-40-47(52-24-14-26-60-58-22-6-11-32-67(58)73-69(52)60)42-48(41-46)53-25-15-27-61-59-23-7-12-33-68(59)74-70(53)61/h1-43H. The van der Waals surface area contributed by atoms with Crippen molar-refractivity contribution in [3.05, 3.63) is 283 Å². The second-order valence-corrected chi connectivity index (χ2v) is 19.9. The first-order valence-electron chi connectivity index (χ1n) is 25.5. The molecule has 0 radical (unpaired) electrons. The monoisotopic (exact) mass is 941 g/mol. The van der Waals surface area contributed by atoms with E-state index in [4.69, 9.17) is 8.83 Å². The fourth-order valence-electron chi connectivity index (χ4n) is 12.9. The first-order chi connectivity index (χ1) is 36.7. The number of benzene rings is 12. The number of para-hydroxylation sites is 4. The smallest absolute Gasteiger partial charge is 0.143 e. The molecule has 2 aliphatic carbocycles. The average molecular weight is 942 g/mol. The van der Waals surface area contributed by atoms with E-state index in [1.165, 1.54) is 55.3 Å². The SMILES string of the molecule is c1ccc2c(c1)-c1ccccc1C21c2ccccc2-c2ccc(N(c3ccc(-c4cc(-c5cccc6c5oc5ccccc56)cc(-c5cccc6c5oc5ccccc56)c4)cc3)c3cccc4ccccc34)cc21. The van der Waals surface area contributed by atoms with Crippen molar-refractivity contribution in [3.63, 3.8) is 0 Å². The highest BCUT2D eigenvalue weighted by Gasteiger charge is 2.51. The first-order valence-corrected chi connectivity index (χ1v) is 25.5. The zero-order valence-electron chi connectivity index (χ0n) is 40.1. The van der Waals surface area contributed by atoms with Gasteiger partial charge in [0.05, 0.1) is 11.1 Å². The van der Waals surface area contributed by atoms with E-state index in [-0.39, 0.29) is 0 Å². The van der Waals surface area contributed by atoms with Gasteiger partial charge in [0.1, 0.15) is 22.3 Å². The van der Waals surface area contributed by atoms with E-state index in [9.17, 15) is 0 Å². The van der Waals surface area contributed by atoms with Crippen molar-refractivity contribution < 1.29 is 8.83 Å². The number of rotatable bonds is 6. The van der Waals surface area contributed by atoms with Crippen LogP contribution in [0.1, 0.15) is 22.3 Å². The van der Waals surface area contributed by atoms with Crippen molar-refractivity contribution in [3.8, 4) is 55.6 Å². The molecule has 16 rings (SSSR count). The van der Waals surface area contributed by atoms with Crippen LogP contribution in [-0.2, 0) is 5.41 Å². The Morgan fingerprint density at radius 1 is 0.270 bits per heavy atom. The Kier molecular flexibility index (Phi) is 8.66. The Labute approximate surface area is 427 Å². The van der Waals surface area contributed by atoms with Crippen LogP contribution < -0.4 is 4.90 Å². The Morgan fingerprint density at radius 2 is 0.703 bits per heavy atom. The molecule has 0 aliphatic heterocycles. The second kappa shape index (κ2) is 15.6. The van der Waals surface area contributed by atoms with Crippen LogP contribution in [0.4, 0.5) is 17.1 Å². The van der Waals surface area contributed by atoms with Gasteiger partial charge in [0.2, 0.25) is 0 Å². The quantitative estimate of drug-likeness (QED) is 0.166. The van der Waals surface area contributed by atoms with E-state index >= 15 is 0 Å². The van der Waals surface area contributed by atoms with E-state index in [2.05, 4.69) is 254 Å². The molecular formula is C71H43NO2. The lowest BCUT2D eigenvalue weighted by molar-refractivity contribution is 0.670. The van der Waals surface area contributed by atoms with Gasteiger partial charge in [-0.15, -0.1) is 0 Å². The minimum absolute atomic E-state index is 0.467.